The van der Waals surface area contributed by atoms with Crippen molar-refractivity contribution in [1.82, 2.24) is 10.2 Å². The van der Waals surface area contributed by atoms with Crippen molar-refractivity contribution in [2.75, 3.05) is 39.0 Å². The highest BCUT2D eigenvalue weighted by Crippen LogP contribution is 2.30. The lowest BCUT2D eigenvalue weighted by Gasteiger charge is -2.44. The lowest BCUT2D eigenvalue weighted by molar-refractivity contribution is -0.246. The van der Waals surface area contributed by atoms with Gasteiger partial charge in [0.1, 0.15) is 17.8 Å². The zero-order valence-electron chi connectivity index (χ0n) is 30.8. The average molecular weight is 765 g/mol. The molecular formula is C41H52N2O10S. The lowest BCUT2D eigenvalue weighted by atomic mass is 9.85. The third-order valence-electron chi connectivity index (χ3n) is 8.76. The maximum Gasteiger partial charge on any atom is 0.261 e. The van der Waals surface area contributed by atoms with E-state index in [1.807, 2.05) is 121 Å². The van der Waals surface area contributed by atoms with Gasteiger partial charge in [0.15, 0.2) is 6.10 Å². The minimum atomic E-state index is -3.67. The van der Waals surface area contributed by atoms with Crippen molar-refractivity contribution in [3.63, 3.8) is 0 Å². The number of benzene rings is 4. The predicted molar refractivity (Wildman–Crippen MR) is 205 cm³/mol. The molecule has 5 rings (SSSR count). The van der Waals surface area contributed by atoms with Crippen molar-refractivity contribution in [1.29, 1.82) is 0 Å². The summed E-state index contributed by atoms with van der Waals surface area (Å²) < 4.78 is 51.7. The van der Waals surface area contributed by atoms with E-state index >= 15 is 0 Å². The van der Waals surface area contributed by atoms with Crippen LogP contribution in [0.4, 0.5) is 0 Å². The van der Waals surface area contributed by atoms with Gasteiger partial charge in [0, 0.05) is 26.2 Å². The van der Waals surface area contributed by atoms with Crippen LogP contribution in [0, 0.1) is 0 Å². The van der Waals surface area contributed by atoms with Crippen molar-refractivity contribution < 1.29 is 46.9 Å². The molecule has 13 heteroatoms. The molecule has 1 amide bonds. The van der Waals surface area contributed by atoms with Crippen LogP contribution in [0.15, 0.2) is 121 Å². The molecule has 0 radical (unpaired) electrons. The van der Waals surface area contributed by atoms with Gasteiger partial charge in [0.25, 0.3) is 16.0 Å². The van der Waals surface area contributed by atoms with Crippen molar-refractivity contribution in [3.8, 4) is 0 Å². The highest BCUT2D eigenvalue weighted by molar-refractivity contribution is 7.85. The summed E-state index contributed by atoms with van der Waals surface area (Å²) in [6, 6.07) is 38.4. The Labute approximate surface area is 318 Å². The summed E-state index contributed by atoms with van der Waals surface area (Å²) in [6.45, 7) is 3.99. The fourth-order valence-electron chi connectivity index (χ4n) is 5.86. The highest BCUT2D eigenvalue weighted by Gasteiger charge is 2.52. The fraction of sp³-hybridized carbons (Fsp3) is 0.390. The maximum absolute atomic E-state index is 14.5. The molecule has 0 spiro atoms. The van der Waals surface area contributed by atoms with Crippen LogP contribution >= 0.6 is 0 Å². The van der Waals surface area contributed by atoms with Gasteiger partial charge in [-0.05, 0) is 29.2 Å². The monoisotopic (exact) mass is 764 g/mol. The second-order valence-electron chi connectivity index (χ2n) is 13.1. The highest BCUT2D eigenvalue weighted by atomic mass is 32.2. The summed E-state index contributed by atoms with van der Waals surface area (Å²) in [7, 11) is -3.67. The summed E-state index contributed by atoms with van der Waals surface area (Å²) in [5, 5.41) is 27.2. The molecule has 292 valence electrons. The van der Waals surface area contributed by atoms with E-state index in [1.165, 1.54) is 6.92 Å². The van der Waals surface area contributed by atoms with Crippen molar-refractivity contribution in [2.45, 2.75) is 63.4 Å². The largest absolute Gasteiger partial charge is 0.390 e. The Kier molecular flexibility index (Phi) is 17.2. The van der Waals surface area contributed by atoms with Gasteiger partial charge < -0.3 is 39.4 Å². The molecule has 1 heterocycles. The normalized spacial score (nSPS) is 16.6. The number of hydrogen-bond donors (Lipinski definition) is 4. The lowest BCUT2D eigenvalue weighted by Crippen LogP contribution is -2.65. The van der Waals surface area contributed by atoms with E-state index in [-0.39, 0.29) is 38.9 Å². The van der Waals surface area contributed by atoms with Crippen LogP contribution in [0.3, 0.4) is 0 Å². The van der Waals surface area contributed by atoms with Gasteiger partial charge in [-0.25, -0.2) is 0 Å². The van der Waals surface area contributed by atoms with Gasteiger partial charge in [0.2, 0.25) is 0 Å². The molecule has 1 fully saturated rings. The Morgan fingerprint density at radius 1 is 0.722 bits per heavy atom. The molecule has 54 heavy (non-hydrogen) atoms. The van der Waals surface area contributed by atoms with E-state index in [1.54, 1.807) is 4.90 Å². The Bertz CT molecular complexity index is 1740. The van der Waals surface area contributed by atoms with Crippen LogP contribution in [0.2, 0.25) is 0 Å². The number of rotatable bonds is 18. The molecule has 0 saturated carbocycles. The first-order chi connectivity index (χ1) is 25.9. The molecule has 5 atom stereocenters. The van der Waals surface area contributed by atoms with E-state index in [9.17, 15) is 23.4 Å². The number of amides is 1. The Hall–Kier alpha value is -4.02. The minimum Gasteiger partial charge on any atom is -0.390 e. The minimum absolute atomic E-state index is 0.0810. The van der Waals surface area contributed by atoms with Crippen LogP contribution < -0.4 is 5.32 Å². The third kappa shape index (κ3) is 14.3. The first-order valence-electron chi connectivity index (χ1n) is 17.8. The molecular weight excluding hydrogens is 713 g/mol. The van der Waals surface area contributed by atoms with Crippen LogP contribution in [-0.2, 0) is 60.3 Å². The van der Waals surface area contributed by atoms with E-state index in [4.69, 9.17) is 23.5 Å². The molecule has 0 aliphatic carbocycles. The first kappa shape index (κ1) is 42.7. The van der Waals surface area contributed by atoms with Crippen molar-refractivity contribution in [2.24, 2.45) is 0 Å². The molecule has 12 nitrogen and oxygen atoms in total. The quantitative estimate of drug-likeness (QED) is 0.108. The fourth-order valence-corrected chi connectivity index (χ4v) is 5.86. The van der Waals surface area contributed by atoms with Crippen LogP contribution in [0.5, 0.6) is 0 Å². The standard InChI is InChI=1S/C40H48N2O7.CH4O3S/c1-31(43)40(45,30-46-26-32-14-6-2-7-15-32)38(49-29-35-20-12-5-13-21-35)36(47-27-33-16-8-3-9-17-33)37(39(44)42-24-22-41-23-25-42)48-28-34-18-10-4-11-19-34;1-5(2,3)4/h2-21,31,36-38,41,43,45H,22-30H2,1H3;1H3,(H,2,3,4)/t31-,36-,37-,38+,40-;/m1./s1. The van der Waals surface area contributed by atoms with Crippen molar-refractivity contribution >= 4 is 16.0 Å². The number of carbonyl (C=O) groups excluding carboxylic acids is 1. The summed E-state index contributed by atoms with van der Waals surface area (Å²) in [5.41, 5.74) is 1.49. The Morgan fingerprint density at radius 3 is 1.54 bits per heavy atom. The van der Waals surface area contributed by atoms with E-state index in [0.29, 0.717) is 32.4 Å². The van der Waals surface area contributed by atoms with Gasteiger partial charge in [-0.1, -0.05) is 121 Å². The van der Waals surface area contributed by atoms with Crippen LogP contribution in [-0.4, -0.2) is 103 Å². The SMILES string of the molecule is CS(=O)(=O)O.C[C@@H](O)[C@](O)(COCc1ccccc1)[C@@H](OCc1ccccc1)[C@H](OCc1ccccc1)[C@@H](OCc1ccccc1)C(=O)N1CCNCC1. The number of aliphatic hydroxyl groups excluding tert-OH is 1. The number of ether oxygens (including phenoxy) is 4. The summed E-state index contributed by atoms with van der Waals surface area (Å²) in [4.78, 5) is 16.3. The molecule has 4 aromatic carbocycles. The molecule has 0 bridgehead atoms. The van der Waals surface area contributed by atoms with Gasteiger partial charge in [-0.2, -0.15) is 8.42 Å². The smallest absolute Gasteiger partial charge is 0.261 e. The van der Waals surface area contributed by atoms with E-state index < -0.39 is 40.1 Å². The molecule has 4 N–H and O–H groups in total. The topological polar surface area (TPSA) is 164 Å². The summed E-state index contributed by atoms with van der Waals surface area (Å²) in [6.07, 6.45) is -4.24. The molecule has 1 aliphatic rings. The maximum atomic E-state index is 14.5. The average Bonchev–Trinajstić information content (AvgIpc) is 3.18. The molecule has 1 saturated heterocycles. The second-order valence-corrected chi connectivity index (χ2v) is 14.6. The molecule has 0 aromatic heterocycles. The summed E-state index contributed by atoms with van der Waals surface area (Å²) >= 11 is 0. The predicted octanol–water partition coefficient (Wildman–Crippen LogP) is 4.01. The van der Waals surface area contributed by atoms with E-state index in [0.717, 1.165) is 22.3 Å². The molecule has 4 aromatic rings. The molecule has 1 aliphatic heterocycles. The zero-order chi connectivity index (χ0) is 38.8. The number of carbonyl (C=O) groups is 1. The van der Waals surface area contributed by atoms with Gasteiger partial charge >= 0.3 is 0 Å². The third-order valence-corrected chi connectivity index (χ3v) is 8.76. The Morgan fingerprint density at radius 2 is 1.11 bits per heavy atom. The number of piperazine rings is 1. The van der Waals surface area contributed by atoms with Gasteiger partial charge in [-0.15, -0.1) is 0 Å². The van der Waals surface area contributed by atoms with Gasteiger partial charge in [0.05, 0.1) is 45.4 Å². The number of nitrogens with zero attached hydrogens (tertiary/aromatic N) is 1. The van der Waals surface area contributed by atoms with Crippen LogP contribution in [0.25, 0.3) is 0 Å². The number of hydrogen-bond acceptors (Lipinski definition) is 10. The summed E-state index contributed by atoms with van der Waals surface area (Å²) in [5.74, 6) is -0.276. The van der Waals surface area contributed by atoms with Gasteiger partial charge in [-0.3, -0.25) is 9.35 Å². The first-order valence-corrected chi connectivity index (χ1v) is 19.7. The van der Waals surface area contributed by atoms with Crippen molar-refractivity contribution in [3.05, 3.63) is 144 Å². The molecule has 0 unspecified atom stereocenters. The second kappa shape index (κ2) is 21.8. The van der Waals surface area contributed by atoms with E-state index in [2.05, 4.69) is 5.32 Å². The number of nitrogens with one attached hydrogen (secondary N) is 1. The van der Waals surface area contributed by atoms with Crippen LogP contribution in [0.1, 0.15) is 29.2 Å². The Balaban J connectivity index is 0.00000122. The zero-order valence-corrected chi connectivity index (χ0v) is 31.6. The number of aliphatic hydroxyl groups is 2.